The lowest BCUT2D eigenvalue weighted by Gasteiger charge is -2.41. The summed E-state index contributed by atoms with van der Waals surface area (Å²) in [4.78, 5) is 36.1. The van der Waals surface area contributed by atoms with Gasteiger partial charge in [-0.2, -0.15) is 13.2 Å². The van der Waals surface area contributed by atoms with Gasteiger partial charge in [-0.05, 0) is 45.7 Å². The number of carbonyl (C=O) groups is 2. The van der Waals surface area contributed by atoms with Gasteiger partial charge in [0.15, 0.2) is 5.96 Å². The van der Waals surface area contributed by atoms with Crippen LogP contribution in [0.15, 0.2) is 35.5 Å². The van der Waals surface area contributed by atoms with E-state index in [1.807, 2.05) is 6.92 Å². The molecule has 1 aromatic heterocycles. The molecule has 12 heteroatoms. The average Bonchev–Trinajstić information content (AvgIpc) is 2.79. The molecule has 0 unspecified atom stereocenters. The van der Waals surface area contributed by atoms with E-state index in [0.29, 0.717) is 25.0 Å². The molecule has 0 spiro atoms. The Kier molecular flexibility index (Phi) is 7.22. The Bertz CT molecular complexity index is 1270. The Hall–Kier alpha value is -3.18. The van der Waals surface area contributed by atoms with Crippen molar-refractivity contribution in [3.8, 4) is 0 Å². The van der Waals surface area contributed by atoms with Crippen LogP contribution in [0.25, 0.3) is 0 Å². The highest BCUT2D eigenvalue weighted by Crippen LogP contribution is 2.41. The van der Waals surface area contributed by atoms with Gasteiger partial charge in [-0.25, -0.2) is 4.99 Å². The smallest absolute Gasteiger partial charge is 0.378 e. The summed E-state index contributed by atoms with van der Waals surface area (Å²) in [7, 11) is 0. The zero-order valence-corrected chi connectivity index (χ0v) is 21.3. The quantitative estimate of drug-likeness (QED) is 0.590. The Morgan fingerprint density at radius 2 is 2.05 bits per heavy atom. The molecule has 3 heterocycles. The number of aliphatic imine (C=N–C) groups is 1. The van der Waals surface area contributed by atoms with Crippen LogP contribution in [0.1, 0.15) is 60.3 Å². The number of pyridine rings is 1. The van der Waals surface area contributed by atoms with Gasteiger partial charge >= 0.3 is 6.18 Å². The van der Waals surface area contributed by atoms with Crippen molar-refractivity contribution in [3.05, 3.63) is 57.9 Å². The van der Waals surface area contributed by atoms with E-state index in [9.17, 15) is 22.8 Å². The number of ether oxygens (including phenoxy) is 1. The second kappa shape index (κ2) is 9.94. The van der Waals surface area contributed by atoms with Crippen LogP contribution in [0.3, 0.4) is 0 Å². The van der Waals surface area contributed by atoms with Gasteiger partial charge in [-0.1, -0.05) is 23.7 Å². The van der Waals surface area contributed by atoms with E-state index in [1.54, 1.807) is 19.1 Å². The first-order valence-electron chi connectivity index (χ1n) is 11.7. The minimum Gasteiger partial charge on any atom is -0.378 e. The van der Waals surface area contributed by atoms with Crippen molar-refractivity contribution >= 4 is 35.1 Å². The Balaban J connectivity index is 1.65. The highest BCUT2D eigenvalue weighted by molar-refractivity contribution is 6.35. The number of anilines is 1. The van der Waals surface area contributed by atoms with Crippen LogP contribution in [-0.2, 0) is 21.2 Å². The predicted molar refractivity (Wildman–Crippen MR) is 132 cm³/mol. The van der Waals surface area contributed by atoms with Gasteiger partial charge in [-0.3, -0.25) is 19.5 Å². The van der Waals surface area contributed by atoms with Crippen molar-refractivity contribution in [2.45, 2.75) is 63.9 Å². The minimum atomic E-state index is -4.75. The second-order valence-electron chi connectivity index (χ2n) is 9.48. The molecule has 37 heavy (non-hydrogen) atoms. The standard InChI is InChI=1S/C25H27ClF3N5O3/c1-13-11-15(8-10-37-13)34-19(35)12-24(3,33-23(34)30)17-5-4-6-18(21(17)26)32-22(36)20-14(2)31-9-7-16(20)25(27,28)29/h4-7,9,13,15H,8,10-12H2,1-3H3,(H2,30,33)(H,32,36)/t13-,15-,24+/m1/s1. The second-order valence-corrected chi connectivity index (χ2v) is 9.86. The summed E-state index contributed by atoms with van der Waals surface area (Å²) in [6, 6.07) is 5.29. The van der Waals surface area contributed by atoms with E-state index in [1.165, 1.54) is 17.9 Å². The molecule has 2 amide bonds. The number of halogens is 4. The van der Waals surface area contributed by atoms with Crippen LogP contribution in [0.4, 0.5) is 18.9 Å². The Morgan fingerprint density at radius 1 is 1.32 bits per heavy atom. The number of amides is 2. The zero-order chi connectivity index (χ0) is 27.1. The summed E-state index contributed by atoms with van der Waals surface area (Å²) in [5.74, 6) is -1.17. The van der Waals surface area contributed by atoms with Gasteiger partial charge in [0.2, 0.25) is 5.91 Å². The van der Waals surface area contributed by atoms with E-state index < -0.39 is 28.7 Å². The third-order valence-corrected chi connectivity index (χ3v) is 7.10. The Morgan fingerprint density at radius 3 is 2.70 bits per heavy atom. The van der Waals surface area contributed by atoms with Crippen LogP contribution in [0.5, 0.6) is 0 Å². The first-order chi connectivity index (χ1) is 17.3. The van der Waals surface area contributed by atoms with Crippen molar-refractivity contribution in [3.63, 3.8) is 0 Å². The summed E-state index contributed by atoms with van der Waals surface area (Å²) < 4.78 is 46.1. The molecule has 0 bridgehead atoms. The monoisotopic (exact) mass is 537 g/mol. The summed E-state index contributed by atoms with van der Waals surface area (Å²) >= 11 is 6.63. The summed E-state index contributed by atoms with van der Waals surface area (Å²) in [6.07, 6.45) is -2.52. The number of hydrogen-bond acceptors (Lipinski definition) is 6. The number of nitrogens with two attached hydrogens (primary N) is 1. The van der Waals surface area contributed by atoms with E-state index in [2.05, 4.69) is 15.3 Å². The minimum absolute atomic E-state index is 0.0105. The number of aromatic nitrogens is 1. The molecule has 0 saturated carbocycles. The lowest BCUT2D eigenvalue weighted by Crippen LogP contribution is -2.56. The van der Waals surface area contributed by atoms with Gasteiger partial charge in [0, 0.05) is 24.4 Å². The molecule has 198 valence electrons. The number of alkyl halides is 3. The molecule has 1 saturated heterocycles. The number of nitrogens with zero attached hydrogens (tertiary/aromatic N) is 3. The van der Waals surface area contributed by atoms with Crippen molar-refractivity contribution < 1.29 is 27.5 Å². The summed E-state index contributed by atoms with van der Waals surface area (Å²) in [5, 5.41) is 2.51. The number of nitrogens with one attached hydrogen (secondary N) is 1. The van der Waals surface area contributed by atoms with Gasteiger partial charge in [0.25, 0.3) is 5.91 Å². The molecule has 2 aromatic rings. The van der Waals surface area contributed by atoms with Crippen molar-refractivity contribution in [2.75, 3.05) is 11.9 Å². The molecule has 4 rings (SSSR count). The average molecular weight is 538 g/mol. The molecular weight excluding hydrogens is 511 g/mol. The van der Waals surface area contributed by atoms with Crippen LogP contribution in [0.2, 0.25) is 5.02 Å². The normalized spacial score (nSPS) is 24.6. The molecule has 3 atom stereocenters. The van der Waals surface area contributed by atoms with Gasteiger partial charge in [0.1, 0.15) is 0 Å². The van der Waals surface area contributed by atoms with Crippen LogP contribution in [-0.4, -0.2) is 46.4 Å². The molecule has 0 radical (unpaired) electrons. The predicted octanol–water partition coefficient (Wildman–Crippen LogP) is 4.64. The number of carbonyl (C=O) groups excluding carboxylic acids is 2. The number of hydrogen-bond donors (Lipinski definition) is 2. The highest BCUT2D eigenvalue weighted by atomic mass is 35.5. The zero-order valence-electron chi connectivity index (χ0n) is 20.5. The Labute approximate surface area is 217 Å². The van der Waals surface area contributed by atoms with Crippen LogP contribution >= 0.6 is 11.6 Å². The third kappa shape index (κ3) is 5.28. The van der Waals surface area contributed by atoms with Crippen LogP contribution in [0, 0.1) is 6.92 Å². The van der Waals surface area contributed by atoms with E-state index >= 15 is 0 Å². The van der Waals surface area contributed by atoms with Crippen molar-refractivity contribution in [2.24, 2.45) is 10.7 Å². The molecular formula is C25H27ClF3N5O3. The summed E-state index contributed by atoms with van der Waals surface area (Å²) in [5.41, 5.74) is 3.82. The molecule has 1 fully saturated rings. The fourth-order valence-electron chi connectivity index (χ4n) is 4.93. The largest absolute Gasteiger partial charge is 0.417 e. The lowest BCUT2D eigenvalue weighted by atomic mass is 9.86. The maximum Gasteiger partial charge on any atom is 0.417 e. The first kappa shape index (κ1) is 26.9. The van der Waals surface area contributed by atoms with E-state index in [4.69, 9.17) is 22.1 Å². The SMILES string of the molecule is Cc1nccc(C(F)(F)F)c1C(=O)Nc1cccc([C@]2(C)CC(=O)N([C@@H]3CCO[C@H](C)C3)C(N)=N2)c1Cl. The van der Waals surface area contributed by atoms with Crippen molar-refractivity contribution in [1.29, 1.82) is 0 Å². The molecule has 0 aliphatic carbocycles. The molecule has 8 nitrogen and oxygen atoms in total. The number of aryl methyl sites for hydroxylation is 1. The summed E-state index contributed by atoms with van der Waals surface area (Å²) in [6.45, 7) is 5.46. The maximum atomic E-state index is 13.5. The molecule has 2 aliphatic rings. The number of rotatable bonds is 4. The topological polar surface area (TPSA) is 110 Å². The van der Waals surface area contributed by atoms with Crippen LogP contribution < -0.4 is 11.1 Å². The molecule has 2 aliphatic heterocycles. The maximum absolute atomic E-state index is 13.5. The van der Waals surface area contributed by atoms with Crippen molar-refractivity contribution in [1.82, 2.24) is 9.88 Å². The van der Waals surface area contributed by atoms with Gasteiger partial charge in [-0.15, -0.1) is 0 Å². The highest BCUT2D eigenvalue weighted by Gasteiger charge is 2.42. The fraction of sp³-hybridized carbons (Fsp3) is 0.440. The van der Waals surface area contributed by atoms with E-state index in [-0.39, 0.29) is 46.8 Å². The molecule has 3 N–H and O–H groups in total. The number of benzene rings is 1. The van der Waals surface area contributed by atoms with Gasteiger partial charge < -0.3 is 15.8 Å². The fourth-order valence-corrected chi connectivity index (χ4v) is 5.30. The van der Waals surface area contributed by atoms with Gasteiger partial charge in [0.05, 0.1) is 45.6 Å². The lowest BCUT2D eigenvalue weighted by molar-refractivity contribution is -0.138. The van der Waals surface area contributed by atoms with E-state index in [0.717, 1.165) is 12.3 Å². The third-order valence-electron chi connectivity index (χ3n) is 6.70. The number of guanidine groups is 1. The molecule has 1 aromatic carbocycles. The first-order valence-corrected chi connectivity index (χ1v) is 12.1.